The summed E-state index contributed by atoms with van der Waals surface area (Å²) in [7, 11) is 0. The minimum absolute atomic E-state index is 0. The topological polar surface area (TPSA) is 52.6 Å². The van der Waals surface area contributed by atoms with Gasteiger partial charge in [-0.05, 0) is 43.0 Å². The zero-order valence-corrected chi connectivity index (χ0v) is 19.3. The number of benzene rings is 2. The van der Waals surface area contributed by atoms with Crippen molar-refractivity contribution in [2.24, 2.45) is 11.8 Å². The molecule has 4 rings (SSSR count). The molecule has 2 aliphatic rings. The van der Waals surface area contributed by atoms with Gasteiger partial charge in [-0.15, -0.1) is 12.4 Å². The van der Waals surface area contributed by atoms with Crippen LogP contribution >= 0.6 is 24.0 Å². The minimum atomic E-state index is -1.43. The van der Waals surface area contributed by atoms with Gasteiger partial charge in [0.2, 0.25) is 5.91 Å². The lowest BCUT2D eigenvalue weighted by molar-refractivity contribution is -0.159. The predicted octanol–water partition coefficient (Wildman–Crippen LogP) is 4.35. The van der Waals surface area contributed by atoms with Gasteiger partial charge in [0, 0.05) is 36.1 Å². The largest absolute Gasteiger partial charge is 0.383 e. The van der Waals surface area contributed by atoms with Crippen molar-refractivity contribution in [1.29, 1.82) is 0 Å². The maximum Gasteiger partial charge on any atom is 0.227 e. The molecule has 0 unspecified atom stereocenters. The lowest BCUT2D eigenvalue weighted by Gasteiger charge is -2.50. The van der Waals surface area contributed by atoms with E-state index in [1.165, 1.54) is 6.07 Å². The third-order valence-electron chi connectivity index (χ3n) is 7.08. The average molecular weight is 467 g/mol. The number of carbonyl (C=O) groups is 1. The van der Waals surface area contributed by atoms with E-state index < -0.39 is 17.5 Å². The number of halogens is 3. The highest BCUT2D eigenvalue weighted by molar-refractivity contribution is 6.30. The van der Waals surface area contributed by atoms with Crippen LogP contribution in [0.1, 0.15) is 37.3 Å². The first-order valence-corrected chi connectivity index (χ1v) is 11.0. The lowest BCUT2D eigenvalue weighted by Crippen LogP contribution is -2.60. The van der Waals surface area contributed by atoms with Crippen LogP contribution < -0.4 is 5.32 Å². The SMILES string of the molecule is C[C@@H]1N(C(=O)[C@@H]2CNC[C@H]2c2ccc(Cl)cc2)CC[C@H](C)[C@@]1(O)c1ccccc1F.Cl. The van der Waals surface area contributed by atoms with Crippen LogP contribution in [0.5, 0.6) is 0 Å². The Labute approximate surface area is 194 Å². The normalized spacial score (nSPS) is 30.7. The van der Waals surface area contributed by atoms with Crippen LogP contribution in [0.4, 0.5) is 4.39 Å². The van der Waals surface area contributed by atoms with Crippen molar-refractivity contribution in [2.45, 2.75) is 37.8 Å². The van der Waals surface area contributed by atoms with Gasteiger partial charge in [-0.2, -0.15) is 0 Å². The minimum Gasteiger partial charge on any atom is -0.383 e. The van der Waals surface area contributed by atoms with Crippen LogP contribution in [0.25, 0.3) is 0 Å². The maximum atomic E-state index is 14.6. The van der Waals surface area contributed by atoms with E-state index in [9.17, 15) is 14.3 Å². The summed E-state index contributed by atoms with van der Waals surface area (Å²) >= 11 is 6.02. The standard InChI is InChI=1S/C24H28ClFN2O2.ClH/c1-15-11-12-28(16(2)24(15,30)21-5-3-4-6-22(21)26)23(29)20-14-27-13-19(20)17-7-9-18(25)10-8-17;/h3-10,15-16,19-20,27,30H,11-14H2,1-2H3;1H/t15-,16-,19-,20+,24-;/m0./s1. The van der Waals surface area contributed by atoms with Crippen LogP contribution in [0, 0.1) is 17.7 Å². The molecule has 2 N–H and O–H groups in total. The molecule has 0 radical (unpaired) electrons. The molecule has 0 saturated carbocycles. The van der Waals surface area contributed by atoms with Crippen LogP contribution in [-0.2, 0) is 10.4 Å². The number of piperidine rings is 1. The van der Waals surface area contributed by atoms with Gasteiger partial charge in [-0.1, -0.05) is 48.9 Å². The first kappa shape index (κ1) is 24.0. The van der Waals surface area contributed by atoms with E-state index >= 15 is 0 Å². The zero-order valence-electron chi connectivity index (χ0n) is 17.7. The third-order valence-corrected chi connectivity index (χ3v) is 7.33. The molecule has 31 heavy (non-hydrogen) atoms. The number of nitrogens with zero attached hydrogens (tertiary/aromatic N) is 1. The third kappa shape index (κ3) is 4.21. The zero-order chi connectivity index (χ0) is 21.5. The van der Waals surface area contributed by atoms with Crippen LogP contribution in [0.3, 0.4) is 0 Å². The van der Waals surface area contributed by atoms with E-state index in [1.807, 2.05) is 38.1 Å². The Bertz CT molecular complexity index is 926. The van der Waals surface area contributed by atoms with Gasteiger partial charge in [0.25, 0.3) is 0 Å². The number of nitrogens with one attached hydrogen (secondary N) is 1. The van der Waals surface area contributed by atoms with Gasteiger partial charge in [-0.3, -0.25) is 4.79 Å². The second-order valence-corrected chi connectivity index (χ2v) is 9.06. The van der Waals surface area contributed by atoms with E-state index in [4.69, 9.17) is 11.6 Å². The van der Waals surface area contributed by atoms with Crippen molar-refractivity contribution in [3.63, 3.8) is 0 Å². The highest BCUT2D eigenvalue weighted by Gasteiger charge is 2.51. The van der Waals surface area contributed by atoms with Gasteiger partial charge >= 0.3 is 0 Å². The molecule has 0 spiro atoms. The van der Waals surface area contributed by atoms with E-state index in [0.29, 0.717) is 31.1 Å². The molecule has 168 valence electrons. The van der Waals surface area contributed by atoms with Gasteiger partial charge in [0.15, 0.2) is 0 Å². The first-order valence-electron chi connectivity index (χ1n) is 10.6. The number of aliphatic hydroxyl groups is 1. The molecule has 2 aliphatic heterocycles. The number of carbonyl (C=O) groups excluding carboxylic acids is 1. The highest BCUT2D eigenvalue weighted by Crippen LogP contribution is 2.43. The summed E-state index contributed by atoms with van der Waals surface area (Å²) < 4.78 is 14.6. The van der Waals surface area contributed by atoms with Gasteiger partial charge in [0.05, 0.1) is 12.0 Å². The molecule has 2 aromatic rings. The van der Waals surface area contributed by atoms with Gasteiger partial charge < -0.3 is 15.3 Å². The lowest BCUT2D eigenvalue weighted by atomic mass is 9.71. The Morgan fingerprint density at radius 2 is 1.84 bits per heavy atom. The Hall–Kier alpha value is -1.66. The Balaban J connectivity index is 0.00000272. The number of likely N-dealkylation sites (tertiary alicyclic amines) is 1. The average Bonchev–Trinajstić information content (AvgIpc) is 3.22. The number of hydrogen-bond acceptors (Lipinski definition) is 3. The molecule has 1 amide bonds. The fraction of sp³-hybridized carbons (Fsp3) is 0.458. The van der Waals surface area contributed by atoms with Crippen molar-refractivity contribution in [1.82, 2.24) is 10.2 Å². The molecular formula is C24H29Cl2FN2O2. The number of amides is 1. The first-order chi connectivity index (χ1) is 14.3. The molecule has 0 aliphatic carbocycles. The summed E-state index contributed by atoms with van der Waals surface area (Å²) in [6.45, 7) is 5.62. The van der Waals surface area contributed by atoms with E-state index in [-0.39, 0.29) is 41.6 Å². The molecule has 2 fully saturated rings. The highest BCUT2D eigenvalue weighted by atomic mass is 35.5. The summed E-state index contributed by atoms with van der Waals surface area (Å²) in [5, 5.41) is 15.7. The van der Waals surface area contributed by atoms with Gasteiger partial charge in [0.1, 0.15) is 11.4 Å². The fourth-order valence-electron chi connectivity index (χ4n) is 5.18. The molecular weight excluding hydrogens is 438 g/mol. The van der Waals surface area contributed by atoms with Gasteiger partial charge in [-0.25, -0.2) is 4.39 Å². The van der Waals surface area contributed by atoms with Crippen molar-refractivity contribution < 1.29 is 14.3 Å². The second kappa shape index (κ2) is 9.45. The van der Waals surface area contributed by atoms with E-state index in [2.05, 4.69) is 5.32 Å². The molecule has 0 bridgehead atoms. The summed E-state index contributed by atoms with van der Waals surface area (Å²) in [6, 6.07) is 13.4. The maximum absolute atomic E-state index is 14.6. The van der Waals surface area contributed by atoms with Crippen molar-refractivity contribution in [3.8, 4) is 0 Å². The molecule has 2 saturated heterocycles. The molecule has 0 aromatic heterocycles. The monoisotopic (exact) mass is 466 g/mol. The quantitative estimate of drug-likeness (QED) is 0.706. The fourth-order valence-corrected chi connectivity index (χ4v) is 5.31. The Morgan fingerprint density at radius 1 is 1.16 bits per heavy atom. The summed E-state index contributed by atoms with van der Waals surface area (Å²) in [5.74, 6) is -0.777. The summed E-state index contributed by atoms with van der Waals surface area (Å²) in [6.07, 6.45) is 0.618. The molecule has 7 heteroatoms. The smallest absolute Gasteiger partial charge is 0.227 e. The Morgan fingerprint density at radius 3 is 2.52 bits per heavy atom. The molecule has 4 nitrogen and oxygen atoms in total. The summed E-state index contributed by atoms with van der Waals surface area (Å²) in [5.41, 5.74) is -0.0902. The van der Waals surface area contributed by atoms with Crippen molar-refractivity contribution in [2.75, 3.05) is 19.6 Å². The number of hydrogen-bond donors (Lipinski definition) is 2. The van der Waals surface area contributed by atoms with Crippen LogP contribution in [-0.4, -0.2) is 41.6 Å². The van der Waals surface area contributed by atoms with Crippen LogP contribution in [0.2, 0.25) is 5.02 Å². The molecule has 2 heterocycles. The molecule has 5 atom stereocenters. The van der Waals surface area contributed by atoms with E-state index in [0.717, 1.165) is 5.56 Å². The van der Waals surface area contributed by atoms with Crippen molar-refractivity contribution in [3.05, 3.63) is 70.5 Å². The van der Waals surface area contributed by atoms with E-state index in [1.54, 1.807) is 23.1 Å². The second-order valence-electron chi connectivity index (χ2n) is 8.63. The number of rotatable bonds is 3. The van der Waals surface area contributed by atoms with Crippen molar-refractivity contribution >= 4 is 29.9 Å². The van der Waals surface area contributed by atoms with Crippen LogP contribution in [0.15, 0.2) is 48.5 Å². The molecule has 2 aromatic carbocycles. The summed E-state index contributed by atoms with van der Waals surface area (Å²) in [4.78, 5) is 15.4. The Kier molecular flexibility index (Phi) is 7.32. The predicted molar refractivity (Wildman–Crippen MR) is 123 cm³/mol.